The summed E-state index contributed by atoms with van der Waals surface area (Å²) in [5, 5.41) is 4.34. The van der Waals surface area contributed by atoms with Crippen molar-refractivity contribution in [2.24, 2.45) is 0 Å². The fourth-order valence-corrected chi connectivity index (χ4v) is 4.76. The third-order valence-corrected chi connectivity index (χ3v) is 6.11. The predicted molar refractivity (Wildman–Crippen MR) is 81.0 cm³/mol. The second-order valence-electron chi connectivity index (χ2n) is 5.50. The van der Waals surface area contributed by atoms with Crippen LogP contribution in [0.15, 0.2) is 29.2 Å². The molecule has 0 atom stereocenters. The molecule has 1 aromatic heterocycles. The molecule has 0 saturated carbocycles. The van der Waals surface area contributed by atoms with Crippen LogP contribution in [0.4, 0.5) is 4.39 Å². The van der Waals surface area contributed by atoms with Gasteiger partial charge in [-0.1, -0.05) is 0 Å². The lowest BCUT2D eigenvalue weighted by atomic mass is 10.3. The molecule has 0 N–H and O–H groups in total. The molecule has 0 radical (unpaired) electrons. The predicted octanol–water partition coefficient (Wildman–Crippen LogP) is 2.41. The lowest BCUT2D eigenvalue weighted by Gasteiger charge is -2.15. The number of sulfonamides is 1. The van der Waals surface area contributed by atoms with E-state index in [0.29, 0.717) is 30.2 Å². The fraction of sp³-hybridized carbons (Fsp3) is 0.400. The minimum Gasteiger partial charge on any atom is -0.236 e. The van der Waals surface area contributed by atoms with E-state index in [1.807, 2.05) is 0 Å². The zero-order chi connectivity index (χ0) is 15.9. The van der Waals surface area contributed by atoms with E-state index in [1.54, 1.807) is 30.7 Å². The Labute approximate surface area is 129 Å². The van der Waals surface area contributed by atoms with Gasteiger partial charge in [0.1, 0.15) is 10.7 Å². The van der Waals surface area contributed by atoms with Crippen LogP contribution in [0.1, 0.15) is 24.2 Å². The first kappa shape index (κ1) is 15.2. The van der Waals surface area contributed by atoms with Gasteiger partial charge < -0.3 is 0 Å². The summed E-state index contributed by atoms with van der Waals surface area (Å²) >= 11 is 0. The van der Waals surface area contributed by atoms with Crippen molar-refractivity contribution in [1.29, 1.82) is 0 Å². The zero-order valence-electron chi connectivity index (χ0n) is 12.6. The number of halogens is 1. The molecule has 0 amide bonds. The van der Waals surface area contributed by atoms with Crippen LogP contribution in [0.2, 0.25) is 0 Å². The van der Waals surface area contributed by atoms with Crippen molar-refractivity contribution in [3.63, 3.8) is 0 Å². The number of benzene rings is 1. The smallest absolute Gasteiger partial charge is 0.236 e. The normalized spacial score (nSPS) is 16.3. The summed E-state index contributed by atoms with van der Waals surface area (Å²) < 4.78 is 41.7. The molecule has 118 valence electrons. The Hall–Kier alpha value is -1.73. The van der Waals surface area contributed by atoms with Crippen LogP contribution in [-0.2, 0) is 10.0 Å². The van der Waals surface area contributed by atoms with Gasteiger partial charge in [-0.05, 0) is 51.0 Å². The van der Waals surface area contributed by atoms with Crippen molar-refractivity contribution >= 4 is 10.0 Å². The lowest BCUT2D eigenvalue weighted by molar-refractivity contribution is 0.476. The van der Waals surface area contributed by atoms with Gasteiger partial charge in [0.05, 0.1) is 17.1 Å². The lowest BCUT2D eigenvalue weighted by Crippen LogP contribution is -2.28. The van der Waals surface area contributed by atoms with E-state index < -0.39 is 10.0 Å². The molecule has 0 bridgehead atoms. The Morgan fingerprint density at radius 2 is 1.68 bits per heavy atom. The first-order valence-corrected chi connectivity index (χ1v) is 8.67. The minimum atomic E-state index is -3.52. The molecule has 1 aliphatic heterocycles. The summed E-state index contributed by atoms with van der Waals surface area (Å²) in [5.74, 6) is -0.338. The molecule has 3 rings (SSSR count). The molecule has 0 spiro atoms. The Morgan fingerprint density at radius 1 is 1.09 bits per heavy atom. The zero-order valence-corrected chi connectivity index (χ0v) is 13.4. The highest BCUT2D eigenvalue weighted by molar-refractivity contribution is 7.89. The average molecular weight is 323 g/mol. The highest BCUT2D eigenvalue weighted by Gasteiger charge is 2.32. The van der Waals surface area contributed by atoms with E-state index in [0.717, 1.165) is 12.8 Å². The molecule has 5 nitrogen and oxygen atoms in total. The first-order valence-electron chi connectivity index (χ1n) is 7.23. The van der Waals surface area contributed by atoms with Crippen LogP contribution in [0.5, 0.6) is 0 Å². The quantitative estimate of drug-likeness (QED) is 0.871. The summed E-state index contributed by atoms with van der Waals surface area (Å²) in [6.07, 6.45) is 1.78. The van der Waals surface area contributed by atoms with Crippen molar-refractivity contribution in [2.45, 2.75) is 31.6 Å². The summed E-state index contributed by atoms with van der Waals surface area (Å²) in [5.41, 5.74) is 1.66. The SMILES string of the molecule is Cc1nn(-c2ccc(F)cc2)c(C)c1S(=O)(=O)N1CCCC1. The van der Waals surface area contributed by atoms with Crippen molar-refractivity contribution < 1.29 is 12.8 Å². The molecule has 0 unspecified atom stereocenters. The second-order valence-corrected chi connectivity index (χ2v) is 7.37. The van der Waals surface area contributed by atoms with Gasteiger partial charge in [-0.25, -0.2) is 17.5 Å². The molecule has 1 saturated heterocycles. The number of nitrogens with zero attached hydrogens (tertiary/aromatic N) is 3. The average Bonchev–Trinajstić information content (AvgIpc) is 3.09. The maximum atomic E-state index is 13.0. The number of aryl methyl sites for hydroxylation is 1. The molecule has 1 aromatic carbocycles. The topological polar surface area (TPSA) is 55.2 Å². The third-order valence-electron chi connectivity index (χ3n) is 3.96. The van der Waals surface area contributed by atoms with Crippen LogP contribution < -0.4 is 0 Å². The number of hydrogen-bond acceptors (Lipinski definition) is 3. The Morgan fingerprint density at radius 3 is 2.27 bits per heavy atom. The number of hydrogen-bond donors (Lipinski definition) is 0. The van der Waals surface area contributed by atoms with Gasteiger partial charge in [-0.3, -0.25) is 0 Å². The van der Waals surface area contributed by atoms with Gasteiger partial charge >= 0.3 is 0 Å². The molecular weight excluding hydrogens is 305 g/mol. The summed E-state index contributed by atoms with van der Waals surface area (Å²) in [4.78, 5) is 0.263. The fourth-order valence-electron chi connectivity index (χ4n) is 2.89. The van der Waals surface area contributed by atoms with Gasteiger partial charge in [0, 0.05) is 13.1 Å². The molecular formula is C15H18FN3O2S. The largest absolute Gasteiger partial charge is 0.246 e. The number of aromatic nitrogens is 2. The summed E-state index contributed by atoms with van der Waals surface area (Å²) in [7, 11) is -3.52. The van der Waals surface area contributed by atoms with Crippen LogP contribution in [0, 0.1) is 19.7 Å². The monoisotopic (exact) mass is 323 g/mol. The summed E-state index contributed by atoms with van der Waals surface area (Å²) in [6.45, 7) is 4.54. The van der Waals surface area contributed by atoms with Gasteiger partial charge in [-0.15, -0.1) is 0 Å². The van der Waals surface area contributed by atoms with Crippen molar-refractivity contribution in [2.75, 3.05) is 13.1 Å². The maximum Gasteiger partial charge on any atom is 0.246 e. The molecule has 0 aliphatic carbocycles. The molecule has 2 heterocycles. The maximum absolute atomic E-state index is 13.0. The van der Waals surface area contributed by atoms with E-state index in [-0.39, 0.29) is 10.7 Å². The van der Waals surface area contributed by atoms with Crippen molar-refractivity contribution in [3.05, 3.63) is 41.5 Å². The second kappa shape index (κ2) is 5.48. The van der Waals surface area contributed by atoms with Gasteiger partial charge in [0.15, 0.2) is 0 Å². The standard InChI is InChI=1S/C15H18FN3O2S/c1-11-15(22(20,21)18-9-3-4-10-18)12(2)19(17-11)14-7-5-13(16)6-8-14/h5-8H,3-4,9-10H2,1-2H3. The van der Waals surface area contributed by atoms with Gasteiger partial charge in [-0.2, -0.15) is 9.40 Å². The van der Waals surface area contributed by atoms with Crippen molar-refractivity contribution in [3.8, 4) is 5.69 Å². The molecule has 2 aromatic rings. The Kier molecular flexibility index (Phi) is 3.78. The minimum absolute atomic E-state index is 0.263. The van der Waals surface area contributed by atoms with Crippen LogP contribution in [0.3, 0.4) is 0 Å². The third kappa shape index (κ3) is 2.44. The summed E-state index contributed by atoms with van der Waals surface area (Å²) in [6, 6.07) is 5.84. The molecule has 1 fully saturated rings. The van der Waals surface area contributed by atoms with Crippen LogP contribution >= 0.6 is 0 Å². The van der Waals surface area contributed by atoms with E-state index in [2.05, 4.69) is 5.10 Å². The Balaban J connectivity index is 2.09. The van der Waals surface area contributed by atoms with E-state index in [1.165, 1.54) is 16.4 Å². The Bertz CT molecular complexity index is 791. The van der Waals surface area contributed by atoms with E-state index in [4.69, 9.17) is 0 Å². The highest BCUT2D eigenvalue weighted by Crippen LogP contribution is 2.27. The van der Waals surface area contributed by atoms with Gasteiger partial charge in [0.25, 0.3) is 0 Å². The molecule has 7 heteroatoms. The van der Waals surface area contributed by atoms with Crippen molar-refractivity contribution in [1.82, 2.24) is 14.1 Å². The first-order chi connectivity index (χ1) is 10.4. The van der Waals surface area contributed by atoms with Crippen LogP contribution in [0.25, 0.3) is 5.69 Å². The van der Waals surface area contributed by atoms with E-state index >= 15 is 0 Å². The van der Waals surface area contributed by atoms with Gasteiger partial charge in [0.2, 0.25) is 10.0 Å². The molecule has 22 heavy (non-hydrogen) atoms. The number of rotatable bonds is 3. The highest BCUT2D eigenvalue weighted by atomic mass is 32.2. The van der Waals surface area contributed by atoms with Crippen LogP contribution in [-0.4, -0.2) is 35.6 Å². The van der Waals surface area contributed by atoms with E-state index in [9.17, 15) is 12.8 Å². The molecule has 1 aliphatic rings.